The Balaban J connectivity index is 4.39. The molecule has 0 heterocycles. The lowest BCUT2D eigenvalue weighted by molar-refractivity contribution is 0.186. The van der Waals surface area contributed by atoms with Gasteiger partial charge in [0.05, 0.1) is 5.84 Å². The van der Waals surface area contributed by atoms with E-state index in [9.17, 15) is 4.79 Å². The minimum Gasteiger partial charge on any atom is -0.395 e. The van der Waals surface area contributed by atoms with Gasteiger partial charge in [0, 0.05) is 51.5 Å². The van der Waals surface area contributed by atoms with Gasteiger partial charge >= 0.3 is 14.6 Å². The number of rotatable bonds is 33. The quantitative estimate of drug-likeness (QED) is 0.0244. The number of aliphatic imine (C=N–C) groups is 1. The van der Waals surface area contributed by atoms with Gasteiger partial charge in [-0.15, -0.1) is 0 Å². The van der Waals surface area contributed by atoms with Gasteiger partial charge in [-0.2, -0.15) is 0 Å². The maximum Gasteiger partial charge on any atom is 0.334 e. The van der Waals surface area contributed by atoms with E-state index in [1.807, 2.05) is 25.7 Å². The number of carbonyl (C=O) groups excluding carboxylic acids is 1. The monoisotopic (exact) mass is 655 g/mol. The first-order valence-electron chi connectivity index (χ1n) is 18.7. The Labute approximate surface area is 279 Å². The molecule has 0 unspecified atom stereocenters. The highest BCUT2D eigenvalue weighted by Gasteiger charge is 2.30. The second kappa shape index (κ2) is 31.1. The number of urea groups is 1. The molecule has 0 saturated heterocycles. The van der Waals surface area contributed by atoms with E-state index in [4.69, 9.17) is 25.7 Å². The molecule has 266 valence electrons. The van der Waals surface area contributed by atoms with E-state index < -0.39 is 8.56 Å². The SMILES string of the molecule is CCN=C(N)CCCCCCCN(CCCCCCCC(=N)CCCCCCCCN)C(=O)NCCC[Si](C)(OCC)OCC. The van der Waals surface area contributed by atoms with Gasteiger partial charge < -0.3 is 35.9 Å². The fourth-order valence-corrected chi connectivity index (χ4v) is 8.15. The minimum absolute atomic E-state index is 0.0579. The van der Waals surface area contributed by atoms with E-state index in [0.717, 1.165) is 134 Å². The predicted octanol–water partition coefficient (Wildman–Crippen LogP) is 8.30. The molecule has 0 aromatic rings. The topological polar surface area (TPSA) is 139 Å². The van der Waals surface area contributed by atoms with E-state index in [1.54, 1.807) is 0 Å². The molecule has 0 aliphatic heterocycles. The van der Waals surface area contributed by atoms with Crippen molar-refractivity contribution in [2.24, 2.45) is 16.5 Å². The highest BCUT2D eigenvalue weighted by atomic mass is 28.4. The fraction of sp³-hybridized carbons (Fsp3) is 0.914. The van der Waals surface area contributed by atoms with Crippen molar-refractivity contribution < 1.29 is 13.6 Å². The van der Waals surface area contributed by atoms with E-state index in [2.05, 4.69) is 16.9 Å². The second-order valence-corrected chi connectivity index (χ2v) is 15.9. The molecule has 2 amide bonds. The maximum atomic E-state index is 13.1. The Morgan fingerprint density at radius 3 is 1.69 bits per heavy atom. The van der Waals surface area contributed by atoms with Crippen molar-refractivity contribution >= 4 is 26.1 Å². The molecule has 0 rings (SSSR count). The van der Waals surface area contributed by atoms with E-state index in [1.165, 1.54) is 38.5 Å². The predicted molar refractivity (Wildman–Crippen MR) is 196 cm³/mol. The Morgan fingerprint density at radius 2 is 1.20 bits per heavy atom. The zero-order valence-corrected chi connectivity index (χ0v) is 31.1. The largest absolute Gasteiger partial charge is 0.395 e. The average Bonchev–Trinajstić information content (AvgIpc) is 3.01. The Kier molecular flexibility index (Phi) is 30.1. The van der Waals surface area contributed by atoms with Crippen molar-refractivity contribution in [3.05, 3.63) is 0 Å². The summed E-state index contributed by atoms with van der Waals surface area (Å²) in [6.45, 7) is 13.3. The summed E-state index contributed by atoms with van der Waals surface area (Å²) in [6.07, 6.45) is 22.2. The van der Waals surface area contributed by atoms with Gasteiger partial charge in [0.2, 0.25) is 0 Å². The first-order valence-corrected chi connectivity index (χ1v) is 21.2. The third-order valence-electron chi connectivity index (χ3n) is 8.33. The molecular weight excluding hydrogens is 581 g/mol. The van der Waals surface area contributed by atoms with Gasteiger partial charge in [-0.3, -0.25) is 4.99 Å². The van der Waals surface area contributed by atoms with Crippen molar-refractivity contribution in [3.8, 4) is 0 Å². The van der Waals surface area contributed by atoms with Crippen molar-refractivity contribution in [2.45, 2.75) is 162 Å². The molecule has 0 radical (unpaired) electrons. The van der Waals surface area contributed by atoms with Crippen molar-refractivity contribution in [3.63, 3.8) is 0 Å². The van der Waals surface area contributed by atoms with Crippen molar-refractivity contribution in [2.75, 3.05) is 45.9 Å². The Morgan fingerprint density at radius 1 is 0.733 bits per heavy atom. The molecule has 0 aliphatic rings. The number of carbonyl (C=O) groups is 1. The number of nitrogens with zero attached hydrogens (tertiary/aromatic N) is 2. The lowest BCUT2D eigenvalue weighted by Gasteiger charge is -2.26. The molecular formula is C35H74N6O3Si. The Bertz CT molecular complexity index is 734. The highest BCUT2D eigenvalue weighted by Crippen LogP contribution is 2.16. The van der Waals surface area contributed by atoms with E-state index in [0.29, 0.717) is 19.8 Å². The van der Waals surface area contributed by atoms with Crippen LogP contribution in [0.15, 0.2) is 4.99 Å². The second-order valence-electron chi connectivity index (χ2n) is 12.6. The van der Waals surface area contributed by atoms with Gasteiger partial charge in [-0.05, 0) is 97.7 Å². The van der Waals surface area contributed by atoms with Crippen LogP contribution in [0.4, 0.5) is 4.79 Å². The molecule has 10 heteroatoms. The van der Waals surface area contributed by atoms with Crippen LogP contribution >= 0.6 is 0 Å². The molecule has 0 aromatic heterocycles. The number of amidine groups is 1. The summed E-state index contributed by atoms with van der Waals surface area (Å²) in [7, 11) is -2.15. The molecule has 0 atom stereocenters. The summed E-state index contributed by atoms with van der Waals surface area (Å²) in [5, 5.41) is 11.4. The third-order valence-corrected chi connectivity index (χ3v) is 11.4. The van der Waals surface area contributed by atoms with E-state index in [-0.39, 0.29) is 6.03 Å². The molecule has 9 nitrogen and oxygen atoms in total. The molecule has 6 N–H and O–H groups in total. The molecule has 0 aromatic carbocycles. The lowest BCUT2D eigenvalue weighted by Crippen LogP contribution is -2.43. The summed E-state index contributed by atoms with van der Waals surface area (Å²) in [6, 6.07) is 0.942. The van der Waals surface area contributed by atoms with Crippen LogP contribution < -0.4 is 16.8 Å². The molecule has 0 spiro atoms. The van der Waals surface area contributed by atoms with Crippen LogP contribution in [0, 0.1) is 5.41 Å². The minimum atomic E-state index is -2.15. The summed E-state index contributed by atoms with van der Waals surface area (Å²) >= 11 is 0. The van der Waals surface area contributed by atoms with Crippen LogP contribution in [-0.2, 0) is 8.85 Å². The number of hydrogen-bond acceptors (Lipinski definition) is 6. The smallest absolute Gasteiger partial charge is 0.334 e. The number of nitrogens with one attached hydrogen (secondary N) is 2. The summed E-state index contributed by atoms with van der Waals surface area (Å²) in [4.78, 5) is 19.4. The number of amides is 2. The van der Waals surface area contributed by atoms with Gasteiger partial charge in [0.1, 0.15) is 0 Å². The summed E-state index contributed by atoms with van der Waals surface area (Å²) in [5.74, 6) is 0.768. The highest BCUT2D eigenvalue weighted by molar-refractivity contribution is 6.66. The first kappa shape index (κ1) is 43.5. The van der Waals surface area contributed by atoms with Crippen LogP contribution in [0.3, 0.4) is 0 Å². The van der Waals surface area contributed by atoms with Gasteiger partial charge in [-0.25, -0.2) is 4.79 Å². The molecule has 0 fully saturated rings. The zero-order chi connectivity index (χ0) is 33.4. The van der Waals surface area contributed by atoms with Crippen LogP contribution in [-0.4, -0.2) is 77.0 Å². The number of hydrogen-bond donors (Lipinski definition) is 4. The van der Waals surface area contributed by atoms with Crippen LogP contribution in [0.25, 0.3) is 0 Å². The van der Waals surface area contributed by atoms with Gasteiger partial charge in [0.25, 0.3) is 0 Å². The number of unbranched alkanes of at least 4 members (excludes halogenated alkanes) is 13. The third kappa shape index (κ3) is 27.3. The van der Waals surface area contributed by atoms with Crippen LogP contribution in [0.2, 0.25) is 12.6 Å². The van der Waals surface area contributed by atoms with Crippen molar-refractivity contribution in [1.29, 1.82) is 5.41 Å². The zero-order valence-electron chi connectivity index (χ0n) is 30.1. The molecule has 0 bridgehead atoms. The first-order chi connectivity index (χ1) is 21.8. The van der Waals surface area contributed by atoms with Crippen molar-refractivity contribution in [1.82, 2.24) is 10.2 Å². The maximum absolute atomic E-state index is 13.1. The lowest BCUT2D eigenvalue weighted by atomic mass is 10.0. The van der Waals surface area contributed by atoms with Gasteiger partial charge in [-0.1, -0.05) is 64.2 Å². The standard InChI is InChI=1S/C35H74N6O3Si/c1-5-39-34(38)27-20-14-11-17-23-31-41(35(42)40-29-24-32-45(4,43-6-2)44-7-3)30-22-16-10-13-19-26-33(37)25-18-12-8-9-15-21-28-36/h37H,5-32,36H2,1-4H3,(H2,38,39)(H,40,42). The van der Waals surface area contributed by atoms with E-state index >= 15 is 0 Å². The molecule has 45 heavy (non-hydrogen) atoms. The Hall–Kier alpha value is -1.49. The average molecular weight is 655 g/mol. The molecule has 0 saturated carbocycles. The summed E-state index contributed by atoms with van der Waals surface area (Å²) < 4.78 is 11.9. The van der Waals surface area contributed by atoms with Crippen LogP contribution in [0.1, 0.15) is 149 Å². The normalized spacial score (nSPS) is 12.1. The van der Waals surface area contributed by atoms with Crippen LogP contribution in [0.5, 0.6) is 0 Å². The fourth-order valence-electron chi connectivity index (χ4n) is 5.74. The summed E-state index contributed by atoms with van der Waals surface area (Å²) in [5.41, 5.74) is 12.4. The molecule has 0 aliphatic carbocycles. The number of nitrogens with two attached hydrogens (primary N) is 2. The van der Waals surface area contributed by atoms with Gasteiger partial charge in [0.15, 0.2) is 0 Å².